The van der Waals surface area contributed by atoms with E-state index in [-0.39, 0.29) is 17.2 Å². The highest BCUT2D eigenvalue weighted by Gasteiger charge is 2.25. The zero-order valence-corrected chi connectivity index (χ0v) is 23.5. The molecule has 0 spiro atoms. The van der Waals surface area contributed by atoms with Crippen molar-refractivity contribution in [1.29, 1.82) is 0 Å². The second-order valence-electron chi connectivity index (χ2n) is 10.4. The van der Waals surface area contributed by atoms with E-state index < -0.39 is 0 Å². The molecule has 0 amide bonds. The molecule has 0 aliphatic heterocycles. The van der Waals surface area contributed by atoms with Gasteiger partial charge in [-0.25, -0.2) is 9.97 Å². The van der Waals surface area contributed by atoms with Gasteiger partial charge < -0.3 is 9.97 Å². The molecule has 0 saturated heterocycles. The Balaban J connectivity index is 1.18. The Morgan fingerprint density at radius 1 is 0.675 bits per heavy atom. The lowest BCUT2D eigenvalue weighted by Crippen LogP contribution is -2.09. The van der Waals surface area contributed by atoms with Crippen molar-refractivity contribution in [2.45, 2.75) is 25.7 Å². The summed E-state index contributed by atoms with van der Waals surface area (Å²) in [5.74, 6) is 0. The van der Waals surface area contributed by atoms with Crippen LogP contribution in [0.15, 0.2) is 60.7 Å². The third-order valence-corrected chi connectivity index (χ3v) is 9.54. The number of imidazole rings is 2. The summed E-state index contributed by atoms with van der Waals surface area (Å²) in [7, 11) is 0.112. The summed E-state index contributed by atoms with van der Waals surface area (Å²) in [5.41, 5.74) is 15.9. The zero-order valence-electron chi connectivity index (χ0n) is 21.5. The van der Waals surface area contributed by atoms with E-state index in [2.05, 4.69) is 69.5 Å². The van der Waals surface area contributed by atoms with Crippen LogP contribution in [0.1, 0.15) is 22.4 Å². The average Bonchev–Trinajstić information content (AvgIpc) is 3.59. The minimum Gasteiger partial charge on any atom is -0.341 e. The highest BCUT2D eigenvalue weighted by Crippen LogP contribution is 2.43. The molecule has 8 rings (SSSR count). The summed E-state index contributed by atoms with van der Waals surface area (Å²) in [6.07, 6.45) is 3.91. The van der Waals surface area contributed by atoms with Crippen LogP contribution in [-0.4, -0.2) is 32.0 Å². The fourth-order valence-electron chi connectivity index (χ4n) is 6.44. The maximum absolute atomic E-state index is 11.0. The molecule has 0 saturated carbocycles. The molecule has 6 nitrogen and oxygen atoms in total. The summed E-state index contributed by atoms with van der Waals surface area (Å²) in [5, 5.41) is 2.56. The van der Waals surface area contributed by atoms with Gasteiger partial charge in [0.25, 0.3) is 0 Å². The number of rotatable bonds is 5. The Morgan fingerprint density at radius 2 is 1.43 bits per heavy atom. The van der Waals surface area contributed by atoms with E-state index in [4.69, 9.17) is 4.98 Å². The van der Waals surface area contributed by atoms with Gasteiger partial charge in [0.05, 0.1) is 16.7 Å². The molecule has 40 heavy (non-hydrogen) atoms. The predicted octanol–water partition coefficient (Wildman–Crippen LogP) is 5.63. The van der Waals surface area contributed by atoms with Gasteiger partial charge in [0, 0.05) is 28.4 Å². The number of nitrogens with one attached hydrogen (secondary N) is 2. The second-order valence-corrected chi connectivity index (χ2v) is 12.4. The minimum absolute atomic E-state index is 0.0415. The molecule has 8 heteroatoms. The highest BCUT2D eigenvalue weighted by atomic mass is 31.1. The number of fused-ring (bicyclic) bond motifs is 9. The van der Waals surface area contributed by atoms with E-state index in [1.807, 2.05) is 6.07 Å². The molecule has 0 radical (unpaired) electrons. The summed E-state index contributed by atoms with van der Waals surface area (Å²) in [4.78, 5) is 37.9. The fraction of sp³-hybridized carbons (Fsp3) is 0.125. The summed E-state index contributed by atoms with van der Waals surface area (Å²) in [6.45, 7) is 0. The third kappa shape index (κ3) is 3.78. The molecule has 194 valence electrons. The summed E-state index contributed by atoms with van der Waals surface area (Å²) in [6, 6.07) is 24.1. The van der Waals surface area contributed by atoms with E-state index in [0.717, 1.165) is 82.4 Å². The zero-order chi connectivity index (χ0) is 26.8. The van der Waals surface area contributed by atoms with Crippen LogP contribution < -0.4 is 11.1 Å². The monoisotopic (exact) mass is 558 g/mol. The lowest BCUT2D eigenvalue weighted by Gasteiger charge is -2.25. The van der Waals surface area contributed by atoms with Crippen LogP contribution >= 0.6 is 17.2 Å². The van der Waals surface area contributed by atoms with Crippen molar-refractivity contribution in [1.82, 2.24) is 19.9 Å². The molecule has 2 unspecified atom stereocenters. The topological polar surface area (TPSA) is 91.5 Å². The maximum Gasteiger partial charge on any atom is 0.146 e. The van der Waals surface area contributed by atoms with Crippen LogP contribution in [0, 0.1) is 0 Å². The number of hydrogen-bond donors (Lipinski definition) is 2. The number of carbonyl (C=O) groups is 2. The molecule has 2 atom stereocenters. The molecule has 2 heterocycles. The lowest BCUT2D eigenvalue weighted by molar-refractivity contribution is 0.569. The first-order chi connectivity index (χ1) is 19.7. The normalized spacial score (nSPS) is 14.1. The van der Waals surface area contributed by atoms with Crippen LogP contribution in [-0.2, 0) is 35.3 Å². The van der Waals surface area contributed by atoms with Gasteiger partial charge >= 0.3 is 0 Å². The van der Waals surface area contributed by atoms with E-state index in [9.17, 15) is 9.59 Å². The summed E-state index contributed by atoms with van der Waals surface area (Å²) < 4.78 is 0. The lowest BCUT2D eigenvalue weighted by atomic mass is 9.79. The molecule has 6 aromatic rings. The Hall–Kier alpha value is -3.98. The first-order valence-corrected chi connectivity index (χ1v) is 15.6. The first-order valence-electron chi connectivity index (χ1n) is 13.4. The number of aryl methyl sites for hydroxylation is 4. The van der Waals surface area contributed by atoms with Gasteiger partial charge in [0.2, 0.25) is 0 Å². The molecule has 0 fully saturated rings. The maximum atomic E-state index is 11.0. The molecular weight excluding hydrogens is 534 g/mol. The molecule has 2 aliphatic carbocycles. The SMILES string of the molecule is O=CPc1nc2c([nH]1)CCc1cc3c(cc1-2)CCc1c-3ccc2cc(-c3ccc4nc(PC=O)[nH]c4c3)ccc12. The molecule has 0 bridgehead atoms. The van der Waals surface area contributed by atoms with Crippen LogP contribution in [0.5, 0.6) is 0 Å². The van der Waals surface area contributed by atoms with Gasteiger partial charge in [-0.3, -0.25) is 9.59 Å². The Kier molecular flexibility index (Phi) is 5.55. The fourth-order valence-corrected chi connectivity index (χ4v) is 7.45. The van der Waals surface area contributed by atoms with Gasteiger partial charge in [-0.05, 0) is 99.7 Å². The van der Waals surface area contributed by atoms with Crippen molar-refractivity contribution in [2.75, 3.05) is 0 Å². The average molecular weight is 559 g/mol. The molecule has 2 aromatic heterocycles. The van der Waals surface area contributed by atoms with Crippen LogP contribution in [0.2, 0.25) is 0 Å². The minimum atomic E-state index is 0.0415. The molecule has 2 aliphatic rings. The van der Waals surface area contributed by atoms with Gasteiger partial charge in [-0.2, -0.15) is 0 Å². The molecule has 4 aromatic carbocycles. The number of carbonyl (C=O) groups excluding carboxylic acids is 2. The third-order valence-electron chi connectivity index (χ3n) is 8.28. The Bertz CT molecular complexity index is 2020. The molecular formula is C32H24N4O2P2. The van der Waals surface area contributed by atoms with Crippen molar-refractivity contribution in [2.24, 2.45) is 0 Å². The van der Waals surface area contributed by atoms with E-state index in [1.165, 1.54) is 44.2 Å². The van der Waals surface area contributed by atoms with Gasteiger partial charge in [-0.1, -0.05) is 36.4 Å². The molecule has 2 N–H and O–H groups in total. The van der Waals surface area contributed by atoms with Crippen molar-refractivity contribution >= 4 is 62.2 Å². The van der Waals surface area contributed by atoms with Crippen LogP contribution in [0.4, 0.5) is 0 Å². The Labute approximate surface area is 233 Å². The summed E-state index contributed by atoms with van der Waals surface area (Å²) >= 11 is 0. The van der Waals surface area contributed by atoms with Crippen molar-refractivity contribution < 1.29 is 9.59 Å². The standard InChI is InChI=1S/C32H24N4O2P2/c37-15-39-31-33-27-9-4-18(14-29(27)35-31)17-1-6-22-19(11-17)2-8-24-23(22)7-3-20-13-26-21(12-25(20)24)5-10-28-30(26)36-32(34-28)40-16-38/h1-2,4,6,8-9,11-16,39-40H,3,5,7,10H2,(H,33,35)(H,34,36). The quantitative estimate of drug-likeness (QED) is 0.212. The van der Waals surface area contributed by atoms with Gasteiger partial charge in [0.15, 0.2) is 0 Å². The van der Waals surface area contributed by atoms with Crippen LogP contribution in [0.25, 0.3) is 55.3 Å². The van der Waals surface area contributed by atoms with E-state index >= 15 is 0 Å². The van der Waals surface area contributed by atoms with Crippen LogP contribution in [0.3, 0.4) is 0 Å². The van der Waals surface area contributed by atoms with Crippen molar-refractivity contribution in [3.63, 3.8) is 0 Å². The van der Waals surface area contributed by atoms with E-state index in [0.29, 0.717) is 0 Å². The number of nitrogens with zero attached hydrogens (tertiary/aromatic N) is 2. The number of aromatic amines is 2. The van der Waals surface area contributed by atoms with Gasteiger partial charge in [0.1, 0.15) is 23.2 Å². The van der Waals surface area contributed by atoms with Crippen molar-refractivity contribution in [3.8, 4) is 33.5 Å². The highest BCUT2D eigenvalue weighted by molar-refractivity contribution is 7.62. The number of aromatic nitrogens is 4. The van der Waals surface area contributed by atoms with E-state index in [1.54, 1.807) is 0 Å². The largest absolute Gasteiger partial charge is 0.341 e. The number of H-pyrrole nitrogens is 2. The Morgan fingerprint density at radius 3 is 2.30 bits per heavy atom. The second kappa shape index (κ2) is 9.30. The number of benzene rings is 4. The smallest absolute Gasteiger partial charge is 0.146 e. The van der Waals surface area contributed by atoms with Crippen molar-refractivity contribution in [3.05, 3.63) is 83.0 Å². The number of hydrogen-bond acceptors (Lipinski definition) is 4. The predicted molar refractivity (Wildman–Crippen MR) is 166 cm³/mol. The first kappa shape index (κ1) is 23.9. The van der Waals surface area contributed by atoms with Gasteiger partial charge in [-0.15, -0.1) is 0 Å².